The Morgan fingerprint density at radius 3 is 1.34 bits per heavy atom. The number of allylic oxidation sites excluding steroid dienone is 10. The monoisotopic (exact) mass is 1120 g/mol. The van der Waals surface area contributed by atoms with Crippen LogP contribution in [0.2, 0.25) is 0 Å². The minimum atomic E-state index is -1.78. The van der Waals surface area contributed by atoms with Crippen LogP contribution in [0.5, 0.6) is 0 Å². The number of amides is 1. The molecule has 0 spiro atoms. The highest BCUT2D eigenvalue weighted by atomic mass is 16.7. The zero-order valence-electron chi connectivity index (χ0n) is 49.6. The fourth-order valence-electron chi connectivity index (χ4n) is 10.4. The largest absolute Gasteiger partial charge is 0.394 e. The number of carbonyl (C=O) groups is 1. The number of aliphatic hydroxyl groups excluding tert-OH is 8. The van der Waals surface area contributed by atoms with Crippen LogP contribution in [0.4, 0.5) is 0 Å². The summed E-state index contributed by atoms with van der Waals surface area (Å²) in [5.74, 6) is -0.210. The summed E-state index contributed by atoms with van der Waals surface area (Å²) >= 11 is 0. The fourth-order valence-corrected chi connectivity index (χ4v) is 10.4. The van der Waals surface area contributed by atoms with Gasteiger partial charge in [0.1, 0.15) is 48.8 Å². The Kier molecular flexibility index (Phi) is 46.3. The second kappa shape index (κ2) is 50.2. The first-order valence-corrected chi connectivity index (χ1v) is 32.0. The molecule has 460 valence electrons. The van der Waals surface area contributed by atoms with Crippen molar-refractivity contribution >= 4 is 5.91 Å². The summed E-state index contributed by atoms with van der Waals surface area (Å²) in [5, 5.41) is 87.4. The lowest BCUT2D eigenvalue weighted by atomic mass is 9.97. The van der Waals surface area contributed by atoms with Crippen LogP contribution in [-0.4, -0.2) is 140 Å². The molecule has 2 aliphatic heterocycles. The normalized spacial score (nSPS) is 24.8. The molecule has 12 unspecified atom stereocenters. The van der Waals surface area contributed by atoms with Gasteiger partial charge < -0.3 is 65.1 Å². The molecular weight excluding hydrogens is 1000 g/mol. The van der Waals surface area contributed by atoms with E-state index in [4.69, 9.17) is 18.9 Å². The van der Waals surface area contributed by atoms with E-state index < -0.39 is 86.8 Å². The van der Waals surface area contributed by atoms with Crippen molar-refractivity contribution in [3.05, 3.63) is 60.8 Å². The Labute approximate surface area is 479 Å². The molecule has 9 N–H and O–H groups in total. The number of ether oxygens (including phenoxy) is 4. The van der Waals surface area contributed by atoms with Crippen LogP contribution < -0.4 is 5.32 Å². The van der Waals surface area contributed by atoms with E-state index in [0.717, 1.165) is 89.9 Å². The first-order valence-electron chi connectivity index (χ1n) is 32.0. The van der Waals surface area contributed by atoms with Crippen LogP contribution in [0.25, 0.3) is 0 Å². The van der Waals surface area contributed by atoms with Crippen LogP contribution in [0.1, 0.15) is 251 Å². The molecule has 2 fully saturated rings. The standard InChI is InChI=1S/C65H117NO13/c1-3-5-7-9-11-13-15-17-19-21-23-24-25-26-27-28-29-30-31-33-35-37-39-41-43-45-47-49-57(70)66-53(54(69)48-46-44-42-40-38-36-34-32-22-20-18-16-14-12-10-8-6-4-2)52-76-64-62(75)60(73)63(56(51-68)78-64)79-65-61(74)59(72)58(71)55(50-67)77-65/h5,7,11,13,17,19,23-24,26-27,53-56,58-65,67-69,71-75H,3-4,6,8-10,12,14-16,18,20-22,25,28-52H2,1-2H3,(H,66,70)/b7-5-,13-11-,19-17-,24-23-,27-26-. The Balaban J connectivity index is 1.71. The van der Waals surface area contributed by atoms with Gasteiger partial charge in [-0.05, 0) is 57.8 Å². The van der Waals surface area contributed by atoms with Crippen molar-refractivity contribution in [2.24, 2.45) is 0 Å². The summed E-state index contributed by atoms with van der Waals surface area (Å²) in [6.07, 6.45) is 47.8. The third-order valence-corrected chi connectivity index (χ3v) is 15.5. The van der Waals surface area contributed by atoms with Gasteiger partial charge in [0.2, 0.25) is 5.91 Å². The van der Waals surface area contributed by atoms with Crippen molar-refractivity contribution in [2.75, 3.05) is 19.8 Å². The molecule has 0 radical (unpaired) electrons. The molecular formula is C65H117NO13. The highest BCUT2D eigenvalue weighted by Crippen LogP contribution is 2.30. The number of hydrogen-bond acceptors (Lipinski definition) is 13. The van der Waals surface area contributed by atoms with Gasteiger partial charge in [-0.25, -0.2) is 0 Å². The van der Waals surface area contributed by atoms with Crippen molar-refractivity contribution < 1.29 is 64.6 Å². The van der Waals surface area contributed by atoms with E-state index in [1.165, 1.54) is 135 Å². The first-order chi connectivity index (χ1) is 38.6. The highest BCUT2D eigenvalue weighted by Gasteiger charge is 2.51. The summed E-state index contributed by atoms with van der Waals surface area (Å²) in [6, 6.07) is -0.833. The Hall–Kier alpha value is -2.31. The maximum atomic E-state index is 13.3. The van der Waals surface area contributed by atoms with E-state index in [-0.39, 0.29) is 12.5 Å². The van der Waals surface area contributed by atoms with E-state index in [9.17, 15) is 45.6 Å². The number of rotatable bonds is 51. The Bertz CT molecular complexity index is 1560. The van der Waals surface area contributed by atoms with Crippen LogP contribution in [0, 0.1) is 0 Å². The molecule has 79 heavy (non-hydrogen) atoms. The van der Waals surface area contributed by atoms with Crippen molar-refractivity contribution in [2.45, 2.75) is 325 Å². The van der Waals surface area contributed by atoms with Crippen LogP contribution in [0.3, 0.4) is 0 Å². The van der Waals surface area contributed by atoms with Gasteiger partial charge in [-0.1, -0.05) is 248 Å². The quantitative estimate of drug-likeness (QED) is 0.0204. The van der Waals surface area contributed by atoms with Gasteiger partial charge >= 0.3 is 0 Å². The van der Waals surface area contributed by atoms with Crippen molar-refractivity contribution in [1.29, 1.82) is 0 Å². The summed E-state index contributed by atoms with van der Waals surface area (Å²) in [5.41, 5.74) is 0. The molecule has 0 aromatic heterocycles. The average Bonchev–Trinajstić information content (AvgIpc) is 3.46. The topological polar surface area (TPSA) is 228 Å². The van der Waals surface area contributed by atoms with Crippen LogP contribution >= 0.6 is 0 Å². The van der Waals surface area contributed by atoms with Crippen molar-refractivity contribution in [3.63, 3.8) is 0 Å². The zero-order valence-corrected chi connectivity index (χ0v) is 49.6. The number of aliphatic hydroxyl groups is 8. The van der Waals surface area contributed by atoms with Gasteiger partial charge in [-0.15, -0.1) is 0 Å². The van der Waals surface area contributed by atoms with Gasteiger partial charge in [0.25, 0.3) is 0 Å². The molecule has 0 aromatic carbocycles. The number of carbonyl (C=O) groups excluding carboxylic acids is 1. The maximum absolute atomic E-state index is 13.3. The zero-order chi connectivity index (χ0) is 57.4. The summed E-state index contributed by atoms with van der Waals surface area (Å²) < 4.78 is 22.9. The lowest BCUT2D eigenvalue weighted by Crippen LogP contribution is -2.65. The van der Waals surface area contributed by atoms with E-state index in [1.54, 1.807) is 0 Å². The minimum absolute atomic E-state index is 0.210. The lowest BCUT2D eigenvalue weighted by molar-refractivity contribution is -0.359. The maximum Gasteiger partial charge on any atom is 0.220 e. The number of nitrogens with one attached hydrogen (secondary N) is 1. The number of unbranched alkanes of at least 4 members (excludes halogenated alkanes) is 28. The van der Waals surface area contributed by atoms with E-state index in [2.05, 4.69) is 79.9 Å². The molecule has 0 aromatic rings. The lowest BCUT2D eigenvalue weighted by Gasteiger charge is -2.46. The first kappa shape index (κ1) is 72.8. The van der Waals surface area contributed by atoms with Gasteiger partial charge in [-0.2, -0.15) is 0 Å². The summed E-state index contributed by atoms with van der Waals surface area (Å²) in [7, 11) is 0. The predicted molar refractivity (Wildman–Crippen MR) is 318 cm³/mol. The Morgan fingerprint density at radius 1 is 0.468 bits per heavy atom. The smallest absolute Gasteiger partial charge is 0.220 e. The molecule has 2 saturated heterocycles. The predicted octanol–water partition coefficient (Wildman–Crippen LogP) is 11.7. The van der Waals surface area contributed by atoms with Gasteiger partial charge in [0.05, 0.1) is 32.0 Å². The van der Waals surface area contributed by atoms with Crippen molar-refractivity contribution in [3.8, 4) is 0 Å². The SMILES string of the molecule is CC/C=C\C/C=C\C/C=C\C/C=C\C/C=C\CCCCCCCCCCCCCC(=O)NC(COC1OC(CO)C(OC2OC(CO)C(O)C(O)C2O)C(O)C1O)C(O)CCCCCCCCCCCCCCCCCCCC. The molecule has 12 atom stereocenters. The van der Waals surface area contributed by atoms with E-state index in [1.807, 2.05) is 0 Å². The molecule has 2 heterocycles. The molecule has 0 aliphatic carbocycles. The molecule has 1 amide bonds. The molecule has 14 nitrogen and oxygen atoms in total. The highest BCUT2D eigenvalue weighted by molar-refractivity contribution is 5.76. The summed E-state index contributed by atoms with van der Waals surface area (Å²) in [4.78, 5) is 13.3. The second-order valence-corrected chi connectivity index (χ2v) is 22.5. The minimum Gasteiger partial charge on any atom is -0.394 e. The molecule has 14 heteroatoms. The fraction of sp³-hybridized carbons (Fsp3) is 0.831. The summed E-state index contributed by atoms with van der Waals surface area (Å²) in [6.45, 7) is 2.76. The Morgan fingerprint density at radius 2 is 0.873 bits per heavy atom. The van der Waals surface area contributed by atoms with Gasteiger partial charge in [0.15, 0.2) is 12.6 Å². The average molecular weight is 1120 g/mol. The van der Waals surface area contributed by atoms with Gasteiger partial charge in [-0.3, -0.25) is 4.79 Å². The molecule has 2 aliphatic rings. The second-order valence-electron chi connectivity index (χ2n) is 22.5. The third kappa shape index (κ3) is 35.4. The van der Waals surface area contributed by atoms with Crippen LogP contribution in [0.15, 0.2) is 60.8 Å². The molecule has 0 bridgehead atoms. The third-order valence-electron chi connectivity index (χ3n) is 15.5. The molecule has 0 saturated carbocycles. The van der Waals surface area contributed by atoms with Gasteiger partial charge in [0, 0.05) is 6.42 Å². The molecule has 2 rings (SSSR count). The van der Waals surface area contributed by atoms with Crippen molar-refractivity contribution in [1.82, 2.24) is 5.32 Å². The van der Waals surface area contributed by atoms with E-state index >= 15 is 0 Å². The van der Waals surface area contributed by atoms with E-state index in [0.29, 0.717) is 12.8 Å². The number of hydrogen-bond donors (Lipinski definition) is 9. The van der Waals surface area contributed by atoms with Crippen LogP contribution in [-0.2, 0) is 23.7 Å².